The first-order valence-corrected chi connectivity index (χ1v) is 7.61. The molecule has 0 aliphatic carbocycles. The van der Waals surface area contributed by atoms with Crippen LogP contribution in [0.15, 0.2) is 41.8 Å². The minimum atomic E-state index is 0.687. The maximum atomic E-state index is 5.70. The number of thiophene rings is 1. The van der Waals surface area contributed by atoms with Gasteiger partial charge in [-0.3, -0.25) is 0 Å². The van der Waals surface area contributed by atoms with Gasteiger partial charge in [-0.2, -0.15) is 0 Å². The summed E-state index contributed by atoms with van der Waals surface area (Å²) < 4.78 is 5.70. The molecular formula is C16H21NOS. The molecule has 0 aliphatic rings. The molecule has 2 rings (SSSR count). The largest absolute Gasteiger partial charge is 0.494 e. The summed E-state index contributed by atoms with van der Waals surface area (Å²) in [6.07, 6.45) is 1.10. The predicted octanol–water partition coefficient (Wildman–Crippen LogP) is 4.79. The van der Waals surface area contributed by atoms with Crippen LogP contribution in [0.2, 0.25) is 0 Å². The summed E-state index contributed by atoms with van der Waals surface area (Å²) in [4.78, 5) is 1.34. The Kier molecular flexibility index (Phi) is 5.28. The highest BCUT2D eigenvalue weighted by atomic mass is 32.1. The highest BCUT2D eigenvalue weighted by Gasteiger charge is 1.98. The van der Waals surface area contributed by atoms with Gasteiger partial charge in [0.1, 0.15) is 5.75 Å². The molecule has 1 aromatic heterocycles. The Hall–Kier alpha value is -1.48. The molecule has 2 aromatic rings. The van der Waals surface area contributed by atoms with Gasteiger partial charge in [-0.05, 0) is 48.1 Å². The van der Waals surface area contributed by atoms with Crippen LogP contribution in [0.3, 0.4) is 0 Å². The van der Waals surface area contributed by atoms with Gasteiger partial charge in [0, 0.05) is 17.1 Å². The van der Waals surface area contributed by atoms with Crippen molar-refractivity contribution < 1.29 is 4.74 Å². The second-order valence-electron chi connectivity index (χ2n) is 4.99. The van der Waals surface area contributed by atoms with E-state index in [4.69, 9.17) is 4.74 Å². The van der Waals surface area contributed by atoms with Crippen LogP contribution in [0, 0.1) is 5.92 Å². The molecule has 0 aliphatic heterocycles. The zero-order chi connectivity index (χ0) is 13.5. The molecule has 19 heavy (non-hydrogen) atoms. The standard InChI is InChI=1S/C16H21NOS/c1-13(2)9-10-18-15-7-5-14(6-8-15)17-12-16-4-3-11-19-16/h3-8,11,13,17H,9-10,12H2,1-2H3. The minimum absolute atomic E-state index is 0.687. The van der Waals surface area contributed by atoms with Crippen LogP contribution in [0.4, 0.5) is 5.69 Å². The monoisotopic (exact) mass is 275 g/mol. The number of hydrogen-bond donors (Lipinski definition) is 1. The normalized spacial score (nSPS) is 10.7. The molecular weight excluding hydrogens is 254 g/mol. The molecule has 0 radical (unpaired) electrons. The lowest BCUT2D eigenvalue weighted by atomic mass is 10.1. The number of hydrogen-bond acceptors (Lipinski definition) is 3. The topological polar surface area (TPSA) is 21.3 Å². The minimum Gasteiger partial charge on any atom is -0.494 e. The van der Waals surface area contributed by atoms with Crippen LogP contribution in [0.25, 0.3) is 0 Å². The average Bonchev–Trinajstić information content (AvgIpc) is 2.90. The van der Waals surface area contributed by atoms with Gasteiger partial charge in [-0.25, -0.2) is 0 Å². The van der Waals surface area contributed by atoms with Crippen LogP contribution in [0.1, 0.15) is 25.1 Å². The molecule has 0 amide bonds. The van der Waals surface area contributed by atoms with E-state index in [2.05, 4.69) is 48.8 Å². The fraction of sp³-hybridized carbons (Fsp3) is 0.375. The third-order valence-electron chi connectivity index (χ3n) is 2.87. The second kappa shape index (κ2) is 7.19. The van der Waals surface area contributed by atoms with Gasteiger partial charge >= 0.3 is 0 Å². The van der Waals surface area contributed by atoms with E-state index < -0.39 is 0 Å². The Balaban J connectivity index is 1.77. The van der Waals surface area contributed by atoms with Gasteiger partial charge < -0.3 is 10.1 Å². The third kappa shape index (κ3) is 4.95. The number of benzene rings is 1. The summed E-state index contributed by atoms with van der Waals surface area (Å²) >= 11 is 1.77. The Bertz CT molecular complexity index is 462. The van der Waals surface area contributed by atoms with Gasteiger partial charge in [0.15, 0.2) is 0 Å². The first kappa shape index (κ1) is 13.9. The molecule has 0 fully saturated rings. The lowest BCUT2D eigenvalue weighted by Gasteiger charge is -2.09. The molecule has 1 aromatic carbocycles. The van der Waals surface area contributed by atoms with E-state index in [1.807, 2.05) is 12.1 Å². The Labute approximate surface area is 119 Å². The third-order valence-corrected chi connectivity index (χ3v) is 3.74. The maximum Gasteiger partial charge on any atom is 0.119 e. The van der Waals surface area contributed by atoms with E-state index in [9.17, 15) is 0 Å². The van der Waals surface area contributed by atoms with E-state index in [-0.39, 0.29) is 0 Å². The van der Waals surface area contributed by atoms with E-state index >= 15 is 0 Å². The van der Waals surface area contributed by atoms with Gasteiger partial charge in [-0.1, -0.05) is 19.9 Å². The van der Waals surface area contributed by atoms with Gasteiger partial charge in [0.2, 0.25) is 0 Å². The molecule has 0 spiro atoms. The highest BCUT2D eigenvalue weighted by molar-refractivity contribution is 7.09. The number of ether oxygens (including phenoxy) is 1. The van der Waals surface area contributed by atoms with E-state index in [1.165, 1.54) is 4.88 Å². The fourth-order valence-corrected chi connectivity index (χ4v) is 2.33. The van der Waals surface area contributed by atoms with Gasteiger partial charge in [-0.15, -0.1) is 11.3 Å². The Morgan fingerprint density at radius 1 is 1.16 bits per heavy atom. The SMILES string of the molecule is CC(C)CCOc1ccc(NCc2cccs2)cc1. The Morgan fingerprint density at radius 2 is 1.95 bits per heavy atom. The van der Waals surface area contributed by atoms with Crippen LogP contribution in [-0.2, 0) is 6.54 Å². The lowest BCUT2D eigenvalue weighted by molar-refractivity contribution is 0.289. The van der Waals surface area contributed by atoms with E-state index in [0.717, 1.165) is 31.0 Å². The first-order chi connectivity index (χ1) is 9.24. The molecule has 3 heteroatoms. The highest BCUT2D eigenvalue weighted by Crippen LogP contribution is 2.18. The van der Waals surface area contributed by atoms with Crippen molar-refractivity contribution in [3.8, 4) is 5.75 Å². The van der Waals surface area contributed by atoms with Crippen molar-refractivity contribution in [2.24, 2.45) is 5.92 Å². The van der Waals surface area contributed by atoms with Crippen molar-refractivity contribution >= 4 is 17.0 Å². The van der Waals surface area contributed by atoms with Gasteiger partial charge in [0.25, 0.3) is 0 Å². The number of anilines is 1. The maximum absolute atomic E-state index is 5.70. The molecule has 0 saturated carbocycles. The Morgan fingerprint density at radius 3 is 2.58 bits per heavy atom. The van der Waals surface area contributed by atoms with Crippen LogP contribution >= 0.6 is 11.3 Å². The summed E-state index contributed by atoms with van der Waals surface area (Å²) in [5.41, 5.74) is 1.13. The zero-order valence-electron chi connectivity index (χ0n) is 11.6. The quantitative estimate of drug-likeness (QED) is 0.784. The van der Waals surface area contributed by atoms with Crippen molar-refractivity contribution in [3.05, 3.63) is 46.7 Å². The molecule has 2 nitrogen and oxygen atoms in total. The molecule has 0 saturated heterocycles. The van der Waals surface area contributed by atoms with Crippen molar-refractivity contribution in [1.82, 2.24) is 0 Å². The number of nitrogens with one attached hydrogen (secondary N) is 1. The number of rotatable bonds is 7. The van der Waals surface area contributed by atoms with Crippen molar-refractivity contribution in [1.29, 1.82) is 0 Å². The van der Waals surface area contributed by atoms with Crippen molar-refractivity contribution in [2.45, 2.75) is 26.8 Å². The lowest BCUT2D eigenvalue weighted by Crippen LogP contribution is -2.01. The van der Waals surface area contributed by atoms with Crippen molar-refractivity contribution in [3.63, 3.8) is 0 Å². The van der Waals surface area contributed by atoms with Crippen molar-refractivity contribution in [2.75, 3.05) is 11.9 Å². The first-order valence-electron chi connectivity index (χ1n) is 6.73. The van der Waals surface area contributed by atoms with E-state index in [1.54, 1.807) is 11.3 Å². The summed E-state index contributed by atoms with van der Waals surface area (Å²) in [6, 6.07) is 12.4. The molecule has 0 atom stereocenters. The van der Waals surface area contributed by atoms with Gasteiger partial charge in [0.05, 0.1) is 6.61 Å². The van der Waals surface area contributed by atoms with Crippen LogP contribution in [0.5, 0.6) is 5.75 Å². The molecule has 102 valence electrons. The van der Waals surface area contributed by atoms with E-state index in [0.29, 0.717) is 5.92 Å². The molecule has 0 bridgehead atoms. The van der Waals surface area contributed by atoms with Crippen LogP contribution in [-0.4, -0.2) is 6.61 Å². The fourth-order valence-electron chi connectivity index (χ4n) is 1.68. The second-order valence-corrected chi connectivity index (χ2v) is 6.02. The molecule has 1 heterocycles. The molecule has 0 unspecified atom stereocenters. The smallest absolute Gasteiger partial charge is 0.119 e. The summed E-state index contributed by atoms with van der Waals surface area (Å²) in [6.45, 7) is 6.09. The average molecular weight is 275 g/mol. The summed E-state index contributed by atoms with van der Waals surface area (Å²) in [5.74, 6) is 1.63. The van der Waals surface area contributed by atoms with Crippen LogP contribution < -0.4 is 10.1 Å². The summed E-state index contributed by atoms with van der Waals surface area (Å²) in [5, 5.41) is 5.50. The summed E-state index contributed by atoms with van der Waals surface area (Å²) in [7, 11) is 0. The molecule has 1 N–H and O–H groups in total. The predicted molar refractivity (Wildman–Crippen MR) is 83.0 cm³/mol. The zero-order valence-corrected chi connectivity index (χ0v) is 12.4.